The van der Waals surface area contributed by atoms with Gasteiger partial charge in [-0.05, 0) is 63.1 Å². The zero-order valence-electron chi connectivity index (χ0n) is 15.9. The van der Waals surface area contributed by atoms with E-state index in [1.807, 2.05) is 42.2 Å². The van der Waals surface area contributed by atoms with E-state index in [9.17, 15) is 9.59 Å². The largest absolute Gasteiger partial charge is 0.450 e. The second-order valence-corrected chi connectivity index (χ2v) is 6.68. The maximum absolute atomic E-state index is 13.0. The second-order valence-electron chi connectivity index (χ2n) is 6.68. The number of rotatable bonds is 5. The molecule has 27 heavy (non-hydrogen) atoms. The van der Waals surface area contributed by atoms with Crippen LogP contribution in [0.3, 0.4) is 0 Å². The lowest BCUT2D eigenvalue weighted by Crippen LogP contribution is -2.44. The number of anilines is 3. The molecule has 0 fully saturated rings. The number of hydrogen-bond donors (Lipinski definition) is 2. The standard InChI is InChI=1S/C21H25N3O3/c1-4-27-21(26)23-18-11-9-17(10-12-18)22-15(3)20(25)24-14(2)13-16-7-5-6-8-19(16)24/h5-12,14-15,22H,4,13H2,1-3H3,(H,23,26). The van der Waals surface area contributed by atoms with Gasteiger partial charge in [0, 0.05) is 23.1 Å². The molecule has 2 unspecified atom stereocenters. The van der Waals surface area contributed by atoms with Gasteiger partial charge in [-0.3, -0.25) is 10.1 Å². The first-order chi connectivity index (χ1) is 13.0. The fourth-order valence-electron chi connectivity index (χ4n) is 3.36. The number of nitrogens with one attached hydrogen (secondary N) is 2. The molecule has 0 aromatic heterocycles. The first-order valence-electron chi connectivity index (χ1n) is 9.21. The normalized spacial score (nSPS) is 16.4. The summed E-state index contributed by atoms with van der Waals surface area (Å²) in [5.74, 6) is 0.0428. The number of amides is 2. The molecule has 6 nitrogen and oxygen atoms in total. The van der Waals surface area contributed by atoms with Crippen LogP contribution in [-0.4, -0.2) is 30.7 Å². The van der Waals surface area contributed by atoms with Crippen LogP contribution in [0.25, 0.3) is 0 Å². The van der Waals surface area contributed by atoms with Gasteiger partial charge in [0.1, 0.15) is 6.04 Å². The maximum Gasteiger partial charge on any atom is 0.411 e. The number of hydrogen-bond acceptors (Lipinski definition) is 4. The van der Waals surface area contributed by atoms with Crippen molar-refractivity contribution in [3.8, 4) is 0 Å². The van der Waals surface area contributed by atoms with Crippen molar-refractivity contribution in [1.82, 2.24) is 0 Å². The predicted octanol–water partition coefficient (Wildman–Crippen LogP) is 4.03. The molecule has 2 aromatic carbocycles. The highest BCUT2D eigenvalue weighted by atomic mass is 16.5. The molecule has 3 rings (SSSR count). The Labute approximate surface area is 159 Å². The van der Waals surface area contributed by atoms with E-state index in [1.54, 1.807) is 19.1 Å². The molecule has 6 heteroatoms. The van der Waals surface area contributed by atoms with E-state index in [2.05, 4.69) is 23.6 Å². The third kappa shape index (κ3) is 4.22. The third-order valence-electron chi connectivity index (χ3n) is 4.61. The molecule has 142 valence electrons. The Hall–Kier alpha value is -3.02. The van der Waals surface area contributed by atoms with Gasteiger partial charge in [-0.15, -0.1) is 0 Å². The smallest absolute Gasteiger partial charge is 0.411 e. The van der Waals surface area contributed by atoms with Gasteiger partial charge in [-0.25, -0.2) is 4.79 Å². The van der Waals surface area contributed by atoms with E-state index in [0.29, 0.717) is 12.3 Å². The lowest BCUT2D eigenvalue weighted by Gasteiger charge is -2.27. The summed E-state index contributed by atoms with van der Waals surface area (Å²) in [7, 11) is 0. The van der Waals surface area contributed by atoms with Crippen LogP contribution < -0.4 is 15.5 Å². The average Bonchev–Trinajstić information content (AvgIpc) is 2.98. The molecule has 1 heterocycles. The molecule has 1 aliphatic rings. The Bertz CT molecular complexity index is 820. The van der Waals surface area contributed by atoms with Crippen molar-refractivity contribution >= 4 is 29.1 Å². The van der Waals surface area contributed by atoms with Crippen LogP contribution in [-0.2, 0) is 16.0 Å². The Morgan fingerprint density at radius 3 is 2.52 bits per heavy atom. The van der Waals surface area contributed by atoms with E-state index in [1.165, 1.54) is 5.56 Å². The quantitative estimate of drug-likeness (QED) is 0.837. The fourth-order valence-corrected chi connectivity index (χ4v) is 3.36. The number of nitrogens with zero attached hydrogens (tertiary/aromatic N) is 1. The molecule has 1 aliphatic heterocycles. The number of para-hydroxylation sites is 1. The van der Waals surface area contributed by atoms with E-state index in [0.717, 1.165) is 17.8 Å². The van der Waals surface area contributed by atoms with Gasteiger partial charge < -0.3 is 15.0 Å². The summed E-state index contributed by atoms with van der Waals surface area (Å²) >= 11 is 0. The molecule has 0 saturated carbocycles. The number of carbonyl (C=O) groups is 2. The molecule has 0 bridgehead atoms. The molecule has 0 aliphatic carbocycles. The molecular weight excluding hydrogens is 342 g/mol. The van der Waals surface area contributed by atoms with Gasteiger partial charge in [-0.2, -0.15) is 0 Å². The monoisotopic (exact) mass is 367 g/mol. The zero-order chi connectivity index (χ0) is 19.4. The van der Waals surface area contributed by atoms with Crippen LogP contribution in [0.5, 0.6) is 0 Å². The summed E-state index contributed by atoms with van der Waals surface area (Å²) in [6.07, 6.45) is 0.395. The number of benzene rings is 2. The Balaban J connectivity index is 1.64. The highest BCUT2D eigenvalue weighted by Gasteiger charge is 2.32. The third-order valence-corrected chi connectivity index (χ3v) is 4.61. The summed E-state index contributed by atoms with van der Waals surface area (Å²) in [5, 5.41) is 5.88. The van der Waals surface area contributed by atoms with E-state index in [-0.39, 0.29) is 18.0 Å². The summed E-state index contributed by atoms with van der Waals surface area (Å²) in [4.78, 5) is 26.3. The van der Waals surface area contributed by atoms with Crippen LogP contribution in [0.2, 0.25) is 0 Å². The van der Waals surface area contributed by atoms with E-state index in [4.69, 9.17) is 4.74 Å². The lowest BCUT2D eigenvalue weighted by molar-refractivity contribution is -0.119. The second kappa shape index (κ2) is 8.12. The van der Waals surface area contributed by atoms with Crippen molar-refractivity contribution in [2.45, 2.75) is 39.3 Å². The first kappa shape index (κ1) is 18.8. The molecule has 0 radical (unpaired) electrons. The van der Waals surface area contributed by atoms with Crippen molar-refractivity contribution in [3.05, 3.63) is 54.1 Å². The minimum atomic E-state index is -0.483. The summed E-state index contributed by atoms with van der Waals surface area (Å²) < 4.78 is 4.85. The molecule has 0 spiro atoms. The SMILES string of the molecule is CCOC(=O)Nc1ccc(NC(C)C(=O)N2c3ccccc3CC2C)cc1. The summed E-state index contributed by atoms with van der Waals surface area (Å²) in [6, 6.07) is 15.0. The number of fused-ring (bicyclic) bond motifs is 1. The van der Waals surface area contributed by atoms with E-state index < -0.39 is 6.09 Å². The molecule has 2 atom stereocenters. The maximum atomic E-state index is 13.0. The van der Waals surface area contributed by atoms with Crippen LogP contribution in [0.4, 0.5) is 21.9 Å². The molecule has 0 saturated heterocycles. The Morgan fingerprint density at radius 1 is 1.15 bits per heavy atom. The minimum Gasteiger partial charge on any atom is -0.450 e. The molecular formula is C21H25N3O3. The molecule has 2 amide bonds. The van der Waals surface area contributed by atoms with Gasteiger partial charge in [0.05, 0.1) is 6.61 Å². The van der Waals surface area contributed by atoms with Gasteiger partial charge in [0.15, 0.2) is 0 Å². The topological polar surface area (TPSA) is 70.7 Å². The van der Waals surface area contributed by atoms with Crippen LogP contribution in [0.15, 0.2) is 48.5 Å². The van der Waals surface area contributed by atoms with E-state index >= 15 is 0 Å². The van der Waals surface area contributed by atoms with Gasteiger partial charge in [0.25, 0.3) is 0 Å². The van der Waals surface area contributed by atoms with Crippen LogP contribution >= 0.6 is 0 Å². The van der Waals surface area contributed by atoms with Crippen molar-refractivity contribution < 1.29 is 14.3 Å². The Morgan fingerprint density at radius 2 is 1.81 bits per heavy atom. The molecule has 2 N–H and O–H groups in total. The zero-order valence-corrected chi connectivity index (χ0v) is 15.9. The van der Waals surface area contributed by atoms with Gasteiger partial charge in [-0.1, -0.05) is 18.2 Å². The van der Waals surface area contributed by atoms with Crippen molar-refractivity contribution in [3.63, 3.8) is 0 Å². The highest BCUT2D eigenvalue weighted by molar-refractivity contribution is 6.00. The lowest BCUT2D eigenvalue weighted by atomic mass is 10.1. The van der Waals surface area contributed by atoms with Crippen LogP contribution in [0, 0.1) is 0 Å². The first-order valence-corrected chi connectivity index (χ1v) is 9.21. The average molecular weight is 367 g/mol. The fraction of sp³-hybridized carbons (Fsp3) is 0.333. The van der Waals surface area contributed by atoms with Gasteiger partial charge >= 0.3 is 6.09 Å². The Kier molecular flexibility index (Phi) is 5.64. The minimum absolute atomic E-state index is 0.0428. The van der Waals surface area contributed by atoms with Gasteiger partial charge in [0.2, 0.25) is 5.91 Å². The number of ether oxygens (including phenoxy) is 1. The van der Waals surface area contributed by atoms with Crippen molar-refractivity contribution in [2.24, 2.45) is 0 Å². The highest BCUT2D eigenvalue weighted by Crippen LogP contribution is 2.32. The number of carbonyl (C=O) groups excluding carboxylic acids is 2. The summed E-state index contributed by atoms with van der Waals surface area (Å²) in [6.45, 7) is 6.01. The molecule has 2 aromatic rings. The predicted molar refractivity (Wildman–Crippen MR) is 107 cm³/mol. The summed E-state index contributed by atoms with van der Waals surface area (Å²) in [5.41, 5.74) is 3.66. The van der Waals surface area contributed by atoms with Crippen molar-refractivity contribution in [2.75, 3.05) is 22.1 Å². The van der Waals surface area contributed by atoms with Crippen molar-refractivity contribution in [1.29, 1.82) is 0 Å². The van der Waals surface area contributed by atoms with Crippen LogP contribution in [0.1, 0.15) is 26.3 Å².